The first-order valence-corrected chi connectivity index (χ1v) is 4.82. The molecule has 4 nitrogen and oxygen atoms in total. The van der Waals surface area contributed by atoms with E-state index >= 15 is 0 Å². The van der Waals surface area contributed by atoms with Crippen molar-refractivity contribution < 1.29 is 19.1 Å². The Labute approximate surface area is 88.5 Å². The quantitative estimate of drug-likeness (QED) is 0.538. The van der Waals surface area contributed by atoms with Gasteiger partial charge in [-0.05, 0) is 20.8 Å². The van der Waals surface area contributed by atoms with Gasteiger partial charge in [-0.25, -0.2) is 0 Å². The van der Waals surface area contributed by atoms with E-state index < -0.39 is 17.5 Å². The van der Waals surface area contributed by atoms with E-state index in [1.165, 1.54) is 0 Å². The number of rotatable bonds is 4. The maximum absolute atomic E-state index is 11.1. The molecule has 0 unspecified atom stereocenters. The second kappa shape index (κ2) is 5.86. The molecule has 0 aliphatic heterocycles. The lowest BCUT2D eigenvalue weighted by Gasteiger charge is -2.19. The summed E-state index contributed by atoms with van der Waals surface area (Å²) < 4.78 is 9.43. The van der Waals surface area contributed by atoms with Gasteiger partial charge in [0.05, 0.1) is 12.8 Å². The van der Waals surface area contributed by atoms with Crippen LogP contribution in [-0.2, 0) is 19.1 Å². The Morgan fingerprint density at radius 1 is 1.14 bits per heavy atom. The minimum Gasteiger partial charge on any atom is -0.460 e. The fourth-order valence-corrected chi connectivity index (χ4v) is 0.851. The van der Waals surface area contributed by atoms with E-state index in [1.54, 1.807) is 20.8 Å². The van der Waals surface area contributed by atoms with Crippen LogP contribution in [0.25, 0.3) is 0 Å². The van der Waals surface area contributed by atoms with Crippen molar-refractivity contribution in [2.24, 2.45) is 0 Å². The molecule has 0 aliphatic rings. The number of ether oxygens (including phenoxy) is 2. The number of esters is 2. The summed E-state index contributed by atoms with van der Waals surface area (Å²) >= 11 is 5.16. The maximum atomic E-state index is 11.1. The van der Waals surface area contributed by atoms with E-state index in [2.05, 4.69) is 4.74 Å². The first-order chi connectivity index (χ1) is 6.35. The Bertz CT molecular complexity index is 207. The highest BCUT2D eigenvalue weighted by Crippen LogP contribution is 2.09. The molecule has 0 aromatic rings. The van der Waals surface area contributed by atoms with Gasteiger partial charge in [0.15, 0.2) is 6.07 Å². The molecular formula is C9H15ClO4. The SMILES string of the molecule is CC(C)(C)OC(=O)CCC(=O)OCCl. The standard InChI is InChI=1S/C9H15ClO4/c1-9(2,3)14-8(12)5-4-7(11)13-6-10/h4-6H2,1-3H3. The molecule has 0 aliphatic carbocycles. The highest BCUT2D eigenvalue weighted by molar-refractivity contribution is 6.17. The predicted octanol–water partition coefficient (Wildman–Crippen LogP) is 1.85. The number of hydrogen-bond donors (Lipinski definition) is 0. The van der Waals surface area contributed by atoms with Gasteiger partial charge in [0, 0.05) is 0 Å². The summed E-state index contributed by atoms with van der Waals surface area (Å²) in [6.07, 6.45) is 0.0224. The van der Waals surface area contributed by atoms with Crippen LogP contribution in [-0.4, -0.2) is 23.6 Å². The van der Waals surface area contributed by atoms with Crippen molar-refractivity contribution >= 4 is 23.5 Å². The lowest BCUT2D eigenvalue weighted by atomic mass is 10.2. The van der Waals surface area contributed by atoms with Crippen LogP contribution in [0, 0.1) is 0 Å². The van der Waals surface area contributed by atoms with Crippen LogP contribution in [0.3, 0.4) is 0 Å². The molecule has 0 saturated carbocycles. The van der Waals surface area contributed by atoms with E-state index in [0.29, 0.717) is 0 Å². The largest absolute Gasteiger partial charge is 0.460 e. The Kier molecular flexibility index (Phi) is 5.53. The summed E-state index contributed by atoms with van der Waals surface area (Å²) in [5.41, 5.74) is -0.520. The predicted molar refractivity (Wildman–Crippen MR) is 51.9 cm³/mol. The van der Waals surface area contributed by atoms with Crippen molar-refractivity contribution in [1.82, 2.24) is 0 Å². The molecule has 0 heterocycles. The first-order valence-electron chi connectivity index (χ1n) is 4.28. The number of hydrogen-bond acceptors (Lipinski definition) is 4. The minimum atomic E-state index is -0.520. The molecule has 82 valence electrons. The Morgan fingerprint density at radius 3 is 2.07 bits per heavy atom. The molecule has 0 aromatic heterocycles. The van der Waals surface area contributed by atoms with Crippen LogP contribution in [0.5, 0.6) is 0 Å². The summed E-state index contributed by atoms with van der Waals surface area (Å²) in [6, 6.07) is -0.187. The van der Waals surface area contributed by atoms with Crippen molar-refractivity contribution in [3.63, 3.8) is 0 Å². The summed E-state index contributed by atoms with van der Waals surface area (Å²) in [6.45, 7) is 5.30. The second-order valence-corrected chi connectivity index (χ2v) is 3.93. The van der Waals surface area contributed by atoms with E-state index in [0.717, 1.165) is 0 Å². The second-order valence-electron chi connectivity index (χ2n) is 3.71. The van der Waals surface area contributed by atoms with Gasteiger partial charge in [-0.15, -0.1) is 0 Å². The minimum absolute atomic E-state index is 0.00162. The molecule has 5 heteroatoms. The Morgan fingerprint density at radius 2 is 1.64 bits per heavy atom. The lowest BCUT2D eigenvalue weighted by molar-refractivity contribution is -0.157. The van der Waals surface area contributed by atoms with Crippen LogP contribution in [0.1, 0.15) is 33.6 Å². The summed E-state index contributed by atoms with van der Waals surface area (Å²) in [5, 5.41) is 0. The average Bonchev–Trinajstić information content (AvgIpc) is 1.98. The molecule has 0 spiro atoms. The average molecular weight is 223 g/mol. The van der Waals surface area contributed by atoms with Gasteiger partial charge in [-0.1, -0.05) is 11.6 Å². The molecule has 0 saturated heterocycles. The number of halogens is 1. The maximum Gasteiger partial charge on any atom is 0.307 e. The van der Waals surface area contributed by atoms with Crippen molar-refractivity contribution in [1.29, 1.82) is 0 Å². The van der Waals surface area contributed by atoms with E-state index in [-0.39, 0.29) is 18.9 Å². The number of carbonyl (C=O) groups is 2. The third-order valence-corrected chi connectivity index (χ3v) is 1.28. The molecular weight excluding hydrogens is 208 g/mol. The van der Waals surface area contributed by atoms with Crippen LogP contribution in [0.4, 0.5) is 0 Å². The first kappa shape index (κ1) is 13.2. The van der Waals surface area contributed by atoms with Gasteiger partial charge in [-0.2, -0.15) is 0 Å². The van der Waals surface area contributed by atoms with Gasteiger partial charge >= 0.3 is 11.9 Å². The lowest BCUT2D eigenvalue weighted by Crippen LogP contribution is -2.24. The molecule has 0 aromatic carbocycles. The zero-order valence-electron chi connectivity index (χ0n) is 8.63. The summed E-state index contributed by atoms with van der Waals surface area (Å²) in [4.78, 5) is 21.9. The Hall–Kier alpha value is -0.770. The fraction of sp³-hybridized carbons (Fsp3) is 0.778. The fourth-order valence-electron chi connectivity index (χ4n) is 0.730. The number of carbonyl (C=O) groups excluding carboxylic acids is 2. The van der Waals surface area contributed by atoms with E-state index in [1.807, 2.05) is 0 Å². The van der Waals surface area contributed by atoms with Crippen molar-refractivity contribution in [3.05, 3.63) is 0 Å². The van der Waals surface area contributed by atoms with Crippen LogP contribution in [0.15, 0.2) is 0 Å². The van der Waals surface area contributed by atoms with Gasteiger partial charge in [-0.3, -0.25) is 9.59 Å². The highest BCUT2D eigenvalue weighted by atomic mass is 35.5. The molecule has 0 N–H and O–H groups in total. The topological polar surface area (TPSA) is 52.6 Å². The third-order valence-electron chi connectivity index (χ3n) is 1.17. The molecule has 0 amide bonds. The van der Waals surface area contributed by atoms with E-state index in [4.69, 9.17) is 16.3 Å². The van der Waals surface area contributed by atoms with Gasteiger partial charge in [0.1, 0.15) is 5.60 Å². The zero-order chi connectivity index (χ0) is 11.2. The summed E-state index contributed by atoms with van der Waals surface area (Å²) in [7, 11) is 0. The monoisotopic (exact) mass is 222 g/mol. The molecule has 0 fully saturated rings. The normalized spacial score (nSPS) is 10.9. The number of alkyl halides is 1. The van der Waals surface area contributed by atoms with Crippen molar-refractivity contribution in [2.75, 3.05) is 6.07 Å². The van der Waals surface area contributed by atoms with Crippen LogP contribution >= 0.6 is 11.6 Å². The molecule has 0 radical (unpaired) electrons. The Balaban J connectivity index is 3.70. The van der Waals surface area contributed by atoms with Gasteiger partial charge < -0.3 is 9.47 Å². The molecule has 0 rings (SSSR count). The summed E-state index contributed by atoms with van der Waals surface area (Å²) in [5.74, 6) is -0.908. The third kappa shape index (κ3) is 7.86. The van der Waals surface area contributed by atoms with Crippen molar-refractivity contribution in [2.45, 2.75) is 39.2 Å². The molecule has 14 heavy (non-hydrogen) atoms. The highest BCUT2D eigenvalue weighted by Gasteiger charge is 2.17. The van der Waals surface area contributed by atoms with Crippen LogP contribution in [0.2, 0.25) is 0 Å². The van der Waals surface area contributed by atoms with Crippen molar-refractivity contribution in [3.8, 4) is 0 Å². The van der Waals surface area contributed by atoms with Gasteiger partial charge in [0.2, 0.25) is 0 Å². The smallest absolute Gasteiger partial charge is 0.307 e. The molecule has 0 bridgehead atoms. The molecule has 0 atom stereocenters. The zero-order valence-corrected chi connectivity index (χ0v) is 9.39. The van der Waals surface area contributed by atoms with Crippen LogP contribution < -0.4 is 0 Å². The van der Waals surface area contributed by atoms with Gasteiger partial charge in [0.25, 0.3) is 0 Å². The van der Waals surface area contributed by atoms with E-state index in [9.17, 15) is 9.59 Å².